The Balaban J connectivity index is 1.15. The number of benzene rings is 2. The summed E-state index contributed by atoms with van der Waals surface area (Å²) in [7, 11) is 0. The Labute approximate surface area is 212 Å². The van der Waals surface area contributed by atoms with E-state index in [1.54, 1.807) is 11.0 Å². The van der Waals surface area contributed by atoms with Crippen molar-refractivity contribution < 1.29 is 19.4 Å². The van der Waals surface area contributed by atoms with Gasteiger partial charge < -0.3 is 20.5 Å². The smallest absolute Gasteiger partial charge is 0.414 e. The topological polar surface area (TPSA) is 128 Å². The van der Waals surface area contributed by atoms with Crippen LogP contribution in [0, 0.1) is 11.3 Å². The largest absolute Gasteiger partial charge is 0.493 e. The van der Waals surface area contributed by atoms with Gasteiger partial charge >= 0.3 is 6.09 Å². The number of hydrogen-bond donors (Lipinski definition) is 3. The number of nitriles is 1. The van der Waals surface area contributed by atoms with Crippen molar-refractivity contribution in [3.05, 3.63) is 65.9 Å². The van der Waals surface area contributed by atoms with E-state index >= 15 is 0 Å². The van der Waals surface area contributed by atoms with Gasteiger partial charge in [0.15, 0.2) is 0 Å². The van der Waals surface area contributed by atoms with Crippen molar-refractivity contribution in [2.45, 2.75) is 24.0 Å². The molecule has 2 aliphatic heterocycles. The first-order chi connectivity index (χ1) is 17.5. The van der Waals surface area contributed by atoms with Crippen LogP contribution in [-0.4, -0.2) is 47.0 Å². The second-order valence-electron chi connectivity index (χ2n) is 8.51. The van der Waals surface area contributed by atoms with Crippen molar-refractivity contribution in [1.29, 1.82) is 5.26 Å². The summed E-state index contributed by atoms with van der Waals surface area (Å²) < 4.78 is 5.55. The lowest BCUT2D eigenvalue weighted by Gasteiger charge is -2.20. The van der Waals surface area contributed by atoms with E-state index in [1.807, 2.05) is 48.5 Å². The number of thioether (sulfide) groups is 1. The first kappa shape index (κ1) is 23.7. The number of nitrogens with zero attached hydrogens (tertiary/aromatic N) is 3. The lowest BCUT2D eigenvalue weighted by molar-refractivity contribution is -0.113. The van der Waals surface area contributed by atoms with E-state index in [4.69, 9.17) is 10.00 Å². The zero-order valence-corrected chi connectivity index (χ0v) is 20.0. The van der Waals surface area contributed by atoms with Gasteiger partial charge in [-0.05, 0) is 54.4 Å². The van der Waals surface area contributed by atoms with E-state index in [2.05, 4.69) is 15.6 Å². The molecule has 0 radical (unpaired) electrons. The molecule has 3 aromatic rings. The predicted molar refractivity (Wildman–Crippen MR) is 136 cm³/mol. The van der Waals surface area contributed by atoms with Crippen LogP contribution in [0.1, 0.15) is 17.5 Å². The molecule has 0 aliphatic carbocycles. The van der Waals surface area contributed by atoms with Crippen molar-refractivity contribution in [1.82, 2.24) is 10.3 Å². The molecule has 1 unspecified atom stereocenters. The van der Waals surface area contributed by atoms with Crippen molar-refractivity contribution in [3.8, 4) is 23.1 Å². The third-order valence-electron chi connectivity index (χ3n) is 5.99. The fourth-order valence-electron chi connectivity index (χ4n) is 4.20. The minimum absolute atomic E-state index is 0.0488. The second-order valence-corrected chi connectivity index (χ2v) is 9.52. The SMILES string of the molecule is N#Cc1cnc(O)c(-c2cccc(CNCCC3CN(c4ccc5c(c4)NC(=O)CS5)C(=O)O3)c2)c1. The van der Waals surface area contributed by atoms with Crippen molar-refractivity contribution in [2.24, 2.45) is 0 Å². The molecule has 9 nitrogen and oxygen atoms in total. The molecule has 1 saturated heterocycles. The lowest BCUT2D eigenvalue weighted by Crippen LogP contribution is -2.26. The Morgan fingerprint density at radius 2 is 2.14 bits per heavy atom. The monoisotopic (exact) mass is 501 g/mol. The average Bonchev–Trinajstić information content (AvgIpc) is 3.27. The molecular formula is C26H23N5O4S. The molecule has 2 amide bonds. The summed E-state index contributed by atoms with van der Waals surface area (Å²) in [5.41, 5.74) is 4.09. The van der Waals surface area contributed by atoms with Gasteiger partial charge in [-0.3, -0.25) is 9.69 Å². The number of hydrogen-bond acceptors (Lipinski definition) is 8. The Kier molecular flexibility index (Phi) is 6.75. The zero-order valence-electron chi connectivity index (χ0n) is 19.2. The number of cyclic esters (lactones) is 1. The highest BCUT2D eigenvalue weighted by Gasteiger charge is 2.32. The number of carbonyl (C=O) groups is 2. The van der Waals surface area contributed by atoms with Gasteiger partial charge in [-0.15, -0.1) is 11.8 Å². The molecule has 0 spiro atoms. The molecule has 0 saturated carbocycles. The first-order valence-electron chi connectivity index (χ1n) is 11.4. The van der Waals surface area contributed by atoms with Gasteiger partial charge in [0.05, 0.1) is 23.5 Å². The molecule has 2 aromatic carbocycles. The molecule has 1 atom stereocenters. The van der Waals surface area contributed by atoms with Crippen LogP contribution in [-0.2, 0) is 16.1 Å². The van der Waals surface area contributed by atoms with Gasteiger partial charge in [0.2, 0.25) is 11.8 Å². The van der Waals surface area contributed by atoms with Crippen molar-refractivity contribution >= 4 is 35.1 Å². The maximum atomic E-state index is 12.5. The molecule has 1 aromatic heterocycles. The third-order valence-corrected chi connectivity index (χ3v) is 7.06. The molecular weight excluding hydrogens is 478 g/mol. The number of aromatic nitrogens is 1. The summed E-state index contributed by atoms with van der Waals surface area (Å²) in [5, 5.41) is 25.4. The van der Waals surface area contributed by atoms with Gasteiger partial charge in [0, 0.05) is 28.9 Å². The van der Waals surface area contributed by atoms with Crippen LogP contribution in [0.4, 0.5) is 16.2 Å². The maximum absolute atomic E-state index is 12.5. The Morgan fingerprint density at radius 3 is 3.00 bits per heavy atom. The van der Waals surface area contributed by atoms with Crippen LogP contribution in [0.3, 0.4) is 0 Å². The van der Waals surface area contributed by atoms with Crippen LogP contribution in [0.2, 0.25) is 0 Å². The highest BCUT2D eigenvalue weighted by atomic mass is 32.2. The van der Waals surface area contributed by atoms with Gasteiger partial charge in [0.1, 0.15) is 12.2 Å². The van der Waals surface area contributed by atoms with E-state index in [0.717, 1.165) is 21.7 Å². The number of anilines is 2. The Morgan fingerprint density at radius 1 is 1.25 bits per heavy atom. The van der Waals surface area contributed by atoms with Crippen molar-refractivity contribution in [2.75, 3.05) is 29.1 Å². The molecule has 3 heterocycles. The number of ether oxygens (including phenoxy) is 1. The lowest BCUT2D eigenvalue weighted by atomic mass is 10.0. The zero-order chi connectivity index (χ0) is 25.1. The third kappa shape index (κ3) is 5.12. The van der Waals surface area contributed by atoms with Crippen LogP contribution < -0.4 is 15.5 Å². The quantitative estimate of drug-likeness (QED) is 0.416. The van der Waals surface area contributed by atoms with Gasteiger partial charge in [0.25, 0.3) is 0 Å². The number of aromatic hydroxyl groups is 1. The van der Waals surface area contributed by atoms with E-state index < -0.39 is 6.09 Å². The van der Waals surface area contributed by atoms with E-state index in [-0.39, 0.29) is 17.9 Å². The molecule has 182 valence electrons. The van der Waals surface area contributed by atoms with E-state index in [0.29, 0.717) is 48.6 Å². The highest BCUT2D eigenvalue weighted by Crippen LogP contribution is 2.35. The number of pyridine rings is 1. The van der Waals surface area contributed by atoms with E-state index in [9.17, 15) is 14.7 Å². The number of amides is 2. The molecule has 5 rings (SSSR count). The summed E-state index contributed by atoms with van der Waals surface area (Å²) in [6, 6.07) is 16.9. The molecule has 36 heavy (non-hydrogen) atoms. The van der Waals surface area contributed by atoms with E-state index in [1.165, 1.54) is 18.0 Å². The molecule has 10 heteroatoms. The standard InChI is InChI=1S/C26H23N5O4S/c27-11-17-9-21(25(33)29-13-17)18-3-1-2-16(8-18)12-28-7-6-20-14-31(26(34)35-20)19-4-5-23-22(10-19)30-24(32)15-36-23/h1-5,8-10,13,20,28H,6-7,12,14-15H2,(H,29,33)(H,30,32). The number of nitrogens with one attached hydrogen (secondary N) is 2. The summed E-state index contributed by atoms with van der Waals surface area (Å²) in [6.07, 6.45) is 1.35. The summed E-state index contributed by atoms with van der Waals surface area (Å²) in [4.78, 5) is 30.6. The molecule has 2 aliphatic rings. The average molecular weight is 502 g/mol. The normalized spacial score (nSPS) is 16.8. The Bertz CT molecular complexity index is 1370. The number of rotatable bonds is 7. The number of carbonyl (C=O) groups excluding carboxylic acids is 2. The fraction of sp³-hybridized carbons (Fsp3) is 0.231. The van der Waals surface area contributed by atoms with Gasteiger partial charge in [-0.2, -0.15) is 5.26 Å². The predicted octanol–water partition coefficient (Wildman–Crippen LogP) is 3.88. The maximum Gasteiger partial charge on any atom is 0.414 e. The highest BCUT2D eigenvalue weighted by molar-refractivity contribution is 8.00. The van der Waals surface area contributed by atoms with Crippen LogP contribution in [0.5, 0.6) is 5.88 Å². The minimum Gasteiger partial charge on any atom is -0.493 e. The fourth-order valence-corrected chi connectivity index (χ4v) is 4.99. The first-order valence-corrected chi connectivity index (χ1v) is 12.4. The van der Waals surface area contributed by atoms with Crippen LogP contribution >= 0.6 is 11.8 Å². The van der Waals surface area contributed by atoms with Gasteiger partial charge in [-0.1, -0.05) is 18.2 Å². The van der Waals surface area contributed by atoms with Crippen molar-refractivity contribution in [3.63, 3.8) is 0 Å². The van der Waals surface area contributed by atoms with Crippen LogP contribution in [0.15, 0.2) is 59.6 Å². The summed E-state index contributed by atoms with van der Waals surface area (Å²) in [5.74, 6) is 0.227. The minimum atomic E-state index is -0.393. The second kappa shape index (κ2) is 10.3. The summed E-state index contributed by atoms with van der Waals surface area (Å²) in [6.45, 7) is 1.67. The Hall–Kier alpha value is -4.07. The number of fused-ring (bicyclic) bond motifs is 1. The molecule has 1 fully saturated rings. The molecule has 3 N–H and O–H groups in total. The molecule has 0 bridgehead atoms. The summed E-state index contributed by atoms with van der Waals surface area (Å²) >= 11 is 1.48. The van der Waals surface area contributed by atoms with Crippen LogP contribution in [0.25, 0.3) is 11.1 Å². The van der Waals surface area contributed by atoms with Gasteiger partial charge in [-0.25, -0.2) is 9.78 Å².